The first-order valence-corrected chi connectivity index (χ1v) is 7.22. The minimum Gasteiger partial charge on any atom is -0.497 e. The highest BCUT2D eigenvalue weighted by Crippen LogP contribution is 2.24. The van der Waals surface area contributed by atoms with Crippen LogP contribution >= 0.6 is 0 Å². The number of likely N-dealkylation sites (N-methyl/N-ethyl adjacent to an activating group) is 1. The summed E-state index contributed by atoms with van der Waals surface area (Å²) in [5.74, 6) is 0.327. The van der Waals surface area contributed by atoms with E-state index in [0.717, 1.165) is 11.3 Å². The van der Waals surface area contributed by atoms with Gasteiger partial charge in [0.15, 0.2) is 0 Å². The highest BCUT2D eigenvalue weighted by molar-refractivity contribution is 5.33. The quantitative estimate of drug-likeness (QED) is 0.891. The van der Waals surface area contributed by atoms with E-state index in [2.05, 4.69) is 0 Å². The number of aliphatic hydroxyl groups is 1. The minimum atomic E-state index is -0.415. The van der Waals surface area contributed by atoms with E-state index in [-0.39, 0.29) is 12.6 Å². The maximum atomic E-state index is 14.0. The van der Waals surface area contributed by atoms with Crippen molar-refractivity contribution in [2.45, 2.75) is 12.6 Å². The van der Waals surface area contributed by atoms with Crippen LogP contribution in [0.5, 0.6) is 5.75 Å². The van der Waals surface area contributed by atoms with E-state index in [1.807, 2.05) is 42.3 Å². The van der Waals surface area contributed by atoms with Gasteiger partial charge in [-0.3, -0.25) is 4.90 Å². The van der Waals surface area contributed by atoms with Gasteiger partial charge in [-0.2, -0.15) is 5.26 Å². The fourth-order valence-corrected chi connectivity index (χ4v) is 2.45. The molecule has 0 heterocycles. The van der Waals surface area contributed by atoms with Crippen LogP contribution in [-0.4, -0.2) is 30.8 Å². The number of nitrogens with zero attached hydrogens (tertiary/aromatic N) is 2. The predicted molar refractivity (Wildman–Crippen MR) is 85.4 cm³/mol. The summed E-state index contributed by atoms with van der Waals surface area (Å²) < 4.78 is 19.1. The summed E-state index contributed by atoms with van der Waals surface area (Å²) in [4.78, 5) is 1.87. The fraction of sp³-hybridized carbons (Fsp3) is 0.278. The zero-order chi connectivity index (χ0) is 16.8. The average Bonchev–Trinajstić information content (AvgIpc) is 2.58. The Labute approximate surface area is 135 Å². The molecule has 0 amide bonds. The van der Waals surface area contributed by atoms with Gasteiger partial charge >= 0.3 is 0 Å². The molecule has 1 atom stereocenters. The molecule has 0 aliphatic carbocycles. The number of hydrogen-bond donors (Lipinski definition) is 1. The van der Waals surface area contributed by atoms with Crippen LogP contribution < -0.4 is 4.74 Å². The first-order valence-electron chi connectivity index (χ1n) is 7.22. The summed E-state index contributed by atoms with van der Waals surface area (Å²) in [6.45, 7) is 0.246. The molecule has 2 aromatic rings. The third-order valence-corrected chi connectivity index (χ3v) is 3.81. The standard InChI is InChI=1S/C18H19FN2O2/c1-21(11-15-4-3-13(10-20)9-17(15)19)18(12-22)14-5-7-16(23-2)8-6-14/h3-9,18,22H,11-12H2,1-2H3/t18-/m1/s1. The number of methoxy groups -OCH3 is 1. The SMILES string of the molecule is COc1ccc([C@@H](CO)N(C)Cc2ccc(C#N)cc2F)cc1. The maximum absolute atomic E-state index is 14.0. The molecule has 0 radical (unpaired) electrons. The van der Waals surface area contributed by atoms with E-state index in [1.54, 1.807) is 19.2 Å². The summed E-state index contributed by atoms with van der Waals surface area (Å²) in [6, 6.07) is 13.5. The van der Waals surface area contributed by atoms with Gasteiger partial charge in [-0.25, -0.2) is 4.39 Å². The number of aliphatic hydroxyl groups excluding tert-OH is 1. The minimum absolute atomic E-state index is 0.0826. The first-order chi connectivity index (χ1) is 11.1. The van der Waals surface area contributed by atoms with Crippen LogP contribution in [0.25, 0.3) is 0 Å². The van der Waals surface area contributed by atoms with E-state index >= 15 is 0 Å². The Hall–Kier alpha value is -2.42. The van der Waals surface area contributed by atoms with Gasteiger partial charge < -0.3 is 9.84 Å². The van der Waals surface area contributed by atoms with Gasteiger partial charge in [-0.05, 0) is 36.9 Å². The summed E-state index contributed by atoms with van der Waals surface area (Å²) in [5, 5.41) is 18.5. The van der Waals surface area contributed by atoms with Crippen molar-refractivity contribution >= 4 is 0 Å². The van der Waals surface area contributed by atoms with Crippen LogP contribution in [0, 0.1) is 17.1 Å². The van der Waals surface area contributed by atoms with Crippen molar-refractivity contribution in [3.8, 4) is 11.8 Å². The molecule has 0 saturated heterocycles. The van der Waals surface area contributed by atoms with Crippen LogP contribution in [0.3, 0.4) is 0 Å². The Morgan fingerprint density at radius 1 is 1.26 bits per heavy atom. The number of nitriles is 1. The third-order valence-electron chi connectivity index (χ3n) is 3.81. The van der Waals surface area contributed by atoms with Crippen LogP contribution in [0.1, 0.15) is 22.7 Å². The van der Waals surface area contributed by atoms with Gasteiger partial charge in [0.1, 0.15) is 11.6 Å². The lowest BCUT2D eigenvalue weighted by molar-refractivity contribution is 0.141. The lowest BCUT2D eigenvalue weighted by atomic mass is 10.0. The van der Waals surface area contributed by atoms with Gasteiger partial charge in [0.2, 0.25) is 0 Å². The van der Waals surface area contributed by atoms with Crippen molar-refractivity contribution in [3.63, 3.8) is 0 Å². The number of benzene rings is 2. The number of ether oxygens (including phenoxy) is 1. The van der Waals surface area contributed by atoms with Gasteiger partial charge in [0, 0.05) is 12.1 Å². The highest BCUT2D eigenvalue weighted by atomic mass is 19.1. The van der Waals surface area contributed by atoms with Gasteiger partial charge in [0.25, 0.3) is 0 Å². The van der Waals surface area contributed by atoms with Crippen molar-refractivity contribution in [2.24, 2.45) is 0 Å². The molecular weight excluding hydrogens is 295 g/mol. The molecule has 0 saturated carbocycles. The van der Waals surface area contributed by atoms with Crippen molar-refractivity contribution in [3.05, 3.63) is 65.0 Å². The summed E-state index contributed by atoms with van der Waals surface area (Å²) in [5.41, 5.74) is 1.70. The van der Waals surface area contributed by atoms with E-state index in [9.17, 15) is 9.50 Å². The average molecular weight is 314 g/mol. The first kappa shape index (κ1) is 16.9. The van der Waals surface area contributed by atoms with Crippen LogP contribution in [0.4, 0.5) is 4.39 Å². The zero-order valence-electron chi connectivity index (χ0n) is 13.2. The topological polar surface area (TPSA) is 56.5 Å². The summed E-state index contributed by atoms with van der Waals surface area (Å²) >= 11 is 0. The molecule has 0 aliphatic heterocycles. The lowest BCUT2D eigenvalue weighted by Crippen LogP contribution is -2.27. The Kier molecular flexibility index (Phi) is 5.69. The summed E-state index contributed by atoms with van der Waals surface area (Å²) in [7, 11) is 3.42. The van der Waals surface area contributed by atoms with E-state index in [4.69, 9.17) is 10.00 Å². The molecule has 4 nitrogen and oxygen atoms in total. The van der Waals surface area contributed by atoms with Gasteiger partial charge in [0.05, 0.1) is 31.4 Å². The molecule has 1 N–H and O–H groups in total. The fourth-order valence-electron chi connectivity index (χ4n) is 2.45. The van der Waals surface area contributed by atoms with Crippen molar-refractivity contribution in [1.29, 1.82) is 5.26 Å². The van der Waals surface area contributed by atoms with E-state index in [0.29, 0.717) is 17.7 Å². The molecule has 0 bridgehead atoms. The van der Waals surface area contributed by atoms with Gasteiger partial charge in [-0.1, -0.05) is 18.2 Å². The molecule has 0 unspecified atom stereocenters. The molecule has 5 heteroatoms. The van der Waals surface area contributed by atoms with Crippen LogP contribution in [0.2, 0.25) is 0 Å². The smallest absolute Gasteiger partial charge is 0.129 e. The molecule has 120 valence electrons. The monoisotopic (exact) mass is 314 g/mol. The Balaban J connectivity index is 2.16. The largest absolute Gasteiger partial charge is 0.497 e. The Morgan fingerprint density at radius 2 is 1.96 bits per heavy atom. The van der Waals surface area contributed by atoms with Crippen LogP contribution in [0.15, 0.2) is 42.5 Å². The van der Waals surface area contributed by atoms with E-state index in [1.165, 1.54) is 6.07 Å². The highest BCUT2D eigenvalue weighted by Gasteiger charge is 2.18. The zero-order valence-corrected chi connectivity index (χ0v) is 13.2. The molecule has 0 aliphatic rings. The Bertz CT molecular complexity index is 695. The second kappa shape index (κ2) is 7.73. The molecular formula is C18H19FN2O2. The molecule has 23 heavy (non-hydrogen) atoms. The lowest BCUT2D eigenvalue weighted by Gasteiger charge is -2.27. The molecule has 0 aromatic heterocycles. The normalized spacial score (nSPS) is 12.0. The number of rotatable bonds is 6. The van der Waals surface area contributed by atoms with Crippen molar-refractivity contribution in [1.82, 2.24) is 4.90 Å². The predicted octanol–water partition coefficient (Wildman–Crippen LogP) is 2.87. The maximum Gasteiger partial charge on any atom is 0.129 e. The van der Waals surface area contributed by atoms with E-state index < -0.39 is 5.82 Å². The van der Waals surface area contributed by atoms with Crippen molar-refractivity contribution < 1.29 is 14.2 Å². The number of halogens is 1. The number of hydrogen-bond acceptors (Lipinski definition) is 4. The third kappa shape index (κ3) is 4.07. The second-order valence-electron chi connectivity index (χ2n) is 5.30. The van der Waals surface area contributed by atoms with Crippen LogP contribution in [-0.2, 0) is 6.54 Å². The molecule has 0 spiro atoms. The molecule has 2 aromatic carbocycles. The second-order valence-corrected chi connectivity index (χ2v) is 5.30. The van der Waals surface area contributed by atoms with Gasteiger partial charge in [-0.15, -0.1) is 0 Å². The molecule has 0 fully saturated rings. The Morgan fingerprint density at radius 3 is 2.48 bits per heavy atom. The molecule has 2 rings (SSSR count). The summed E-state index contributed by atoms with van der Waals surface area (Å²) in [6.07, 6.45) is 0. The van der Waals surface area contributed by atoms with Crippen molar-refractivity contribution in [2.75, 3.05) is 20.8 Å².